The van der Waals surface area contributed by atoms with Gasteiger partial charge in [0.25, 0.3) is 0 Å². The first kappa shape index (κ1) is 20.7. The molecule has 0 unspecified atom stereocenters. The van der Waals surface area contributed by atoms with Crippen LogP contribution in [0.3, 0.4) is 0 Å². The van der Waals surface area contributed by atoms with Crippen LogP contribution in [0.4, 0.5) is 4.79 Å². The van der Waals surface area contributed by atoms with E-state index in [2.05, 4.69) is 26.6 Å². The molecule has 144 valence electrons. The summed E-state index contributed by atoms with van der Waals surface area (Å²) in [4.78, 5) is 24.2. The largest absolute Gasteiger partial charge is 0.444 e. The third kappa shape index (κ3) is 6.29. The lowest BCUT2D eigenvalue weighted by Gasteiger charge is -2.38. The number of nitrogens with one attached hydrogen (secondary N) is 2. The number of halogens is 1. The van der Waals surface area contributed by atoms with E-state index in [-0.39, 0.29) is 18.9 Å². The molecule has 0 radical (unpaired) electrons. The van der Waals surface area contributed by atoms with E-state index in [4.69, 9.17) is 9.47 Å². The molecule has 1 aliphatic heterocycles. The fraction of sp³-hybridized carbons (Fsp3) is 0.579. The SMILES string of the molecule is CC(C)(C)OC(=O)NCCC(=O)NC1(c2cccc(Br)c2)CCOCC1. The number of carbonyl (C=O) groups excluding carboxylic acids is 2. The van der Waals surface area contributed by atoms with E-state index in [1.807, 2.05) is 24.3 Å². The van der Waals surface area contributed by atoms with Gasteiger partial charge in [0.05, 0.1) is 5.54 Å². The van der Waals surface area contributed by atoms with Crippen molar-refractivity contribution in [3.05, 3.63) is 34.3 Å². The standard InChI is InChI=1S/C19H27BrN2O4/c1-18(2,3)26-17(24)21-10-7-16(23)22-19(8-11-25-12-9-19)14-5-4-6-15(20)13-14/h4-6,13H,7-12H2,1-3H3,(H,21,24)(H,22,23). The maximum atomic E-state index is 12.5. The van der Waals surface area contributed by atoms with Crippen LogP contribution in [0.25, 0.3) is 0 Å². The van der Waals surface area contributed by atoms with Gasteiger partial charge in [-0.1, -0.05) is 28.1 Å². The molecule has 0 spiro atoms. The molecule has 1 saturated heterocycles. The summed E-state index contributed by atoms with van der Waals surface area (Å²) in [5, 5.41) is 5.78. The normalized spacial score (nSPS) is 16.6. The topological polar surface area (TPSA) is 76.7 Å². The highest BCUT2D eigenvalue weighted by Crippen LogP contribution is 2.33. The Balaban J connectivity index is 1.94. The molecule has 7 heteroatoms. The van der Waals surface area contributed by atoms with Crippen molar-refractivity contribution >= 4 is 27.9 Å². The summed E-state index contributed by atoms with van der Waals surface area (Å²) in [6.07, 6.45) is 1.11. The Kier molecular flexibility index (Phi) is 7.06. The Labute approximate surface area is 163 Å². The third-order valence-electron chi connectivity index (χ3n) is 4.12. The van der Waals surface area contributed by atoms with Gasteiger partial charge in [-0.25, -0.2) is 4.79 Å². The second kappa shape index (κ2) is 8.86. The van der Waals surface area contributed by atoms with Crippen molar-refractivity contribution < 1.29 is 19.1 Å². The van der Waals surface area contributed by atoms with Crippen LogP contribution in [0.2, 0.25) is 0 Å². The van der Waals surface area contributed by atoms with Gasteiger partial charge in [0.15, 0.2) is 0 Å². The van der Waals surface area contributed by atoms with E-state index in [1.54, 1.807) is 20.8 Å². The average Bonchev–Trinajstić information content (AvgIpc) is 2.54. The number of alkyl carbamates (subject to hydrolysis) is 1. The van der Waals surface area contributed by atoms with Crippen LogP contribution in [-0.2, 0) is 19.8 Å². The lowest BCUT2D eigenvalue weighted by atomic mass is 9.82. The molecule has 1 aromatic carbocycles. The molecule has 1 heterocycles. The number of hydrogen-bond donors (Lipinski definition) is 2. The summed E-state index contributed by atoms with van der Waals surface area (Å²) < 4.78 is 11.6. The summed E-state index contributed by atoms with van der Waals surface area (Å²) in [6.45, 7) is 6.82. The molecule has 1 aliphatic rings. The monoisotopic (exact) mass is 426 g/mol. The zero-order chi connectivity index (χ0) is 19.2. The molecule has 0 atom stereocenters. The zero-order valence-corrected chi connectivity index (χ0v) is 17.1. The Morgan fingerprint density at radius 1 is 1.27 bits per heavy atom. The van der Waals surface area contributed by atoms with Crippen molar-refractivity contribution in [3.63, 3.8) is 0 Å². The molecule has 0 saturated carbocycles. The fourth-order valence-electron chi connectivity index (χ4n) is 2.91. The highest BCUT2D eigenvalue weighted by atomic mass is 79.9. The molecule has 2 rings (SSSR count). The van der Waals surface area contributed by atoms with Crippen LogP contribution >= 0.6 is 15.9 Å². The summed E-state index contributed by atoms with van der Waals surface area (Å²) in [6, 6.07) is 7.98. The summed E-state index contributed by atoms with van der Waals surface area (Å²) in [5.41, 5.74) is 0.0631. The molecule has 26 heavy (non-hydrogen) atoms. The number of rotatable bonds is 5. The lowest BCUT2D eigenvalue weighted by Crippen LogP contribution is -2.50. The Morgan fingerprint density at radius 3 is 2.58 bits per heavy atom. The number of benzene rings is 1. The van der Waals surface area contributed by atoms with Crippen LogP contribution < -0.4 is 10.6 Å². The van der Waals surface area contributed by atoms with Gasteiger partial charge >= 0.3 is 6.09 Å². The van der Waals surface area contributed by atoms with Crippen molar-refractivity contribution in [3.8, 4) is 0 Å². The number of ether oxygens (including phenoxy) is 2. The molecular weight excluding hydrogens is 400 g/mol. The molecule has 0 aliphatic carbocycles. The summed E-state index contributed by atoms with van der Waals surface area (Å²) >= 11 is 3.50. The molecule has 0 bridgehead atoms. The highest BCUT2D eigenvalue weighted by Gasteiger charge is 2.36. The number of hydrogen-bond acceptors (Lipinski definition) is 4. The minimum Gasteiger partial charge on any atom is -0.444 e. The maximum absolute atomic E-state index is 12.5. The first-order valence-electron chi connectivity index (χ1n) is 8.82. The van der Waals surface area contributed by atoms with Gasteiger partial charge in [-0.15, -0.1) is 0 Å². The fourth-order valence-corrected chi connectivity index (χ4v) is 3.31. The van der Waals surface area contributed by atoms with E-state index >= 15 is 0 Å². The first-order chi connectivity index (χ1) is 12.2. The second-order valence-electron chi connectivity index (χ2n) is 7.43. The smallest absolute Gasteiger partial charge is 0.407 e. The van der Waals surface area contributed by atoms with Crippen molar-refractivity contribution in [2.45, 2.75) is 51.2 Å². The molecule has 2 amide bonds. The Morgan fingerprint density at radius 2 is 1.96 bits per heavy atom. The van der Waals surface area contributed by atoms with Gasteiger partial charge in [0, 0.05) is 30.7 Å². The minimum absolute atomic E-state index is 0.108. The van der Waals surface area contributed by atoms with E-state index in [1.165, 1.54) is 0 Å². The molecular formula is C19H27BrN2O4. The van der Waals surface area contributed by atoms with Crippen LogP contribution in [0.5, 0.6) is 0 Å². The quantitative estimate of drug-likeness (QED) is 0.755. The molecule has 0 aromatic heterocycles. The van der Waals surface area contributed by atoms with Gasteiger partial charge in [-0.2, -0.15) is 0 Å². The first-order valence-corrected chi connectivity index (χ1v) is 9.61. The molecule has 2 N–H and O–H groups in total. The van der Waals surface area contributed by atoms with Gasteiger partial charge < -0.3 is 20.1 Å². The van der Waals surface area contributed by atoms with Gasteiger partial charge in [-0.3, -0.25) is 4.79 Å². The van der Waals surface area contributed by atoms with Crippen LogP contribution in [0.1, 0.15) is 45.6 Å². The summed E-state index contributed by atoms with van der Waals surface area (Å²) in [5.74, 6) is -0.108. The highest BCUT2D eigenvalue weighted by molar-refractivity contribution is 9.10. The summed E-state index contributed by atoms with van der Waals surface area (Å²) in [7, 11) is 0. The van der Waals surface area contributed by atoms with Gasteiger partial charge in [0.1, 0.15) is 5.60 Å². The van der Waals surface area contributed by atoms with Crippen molar-refractivity contribution in [1.29, 1.82) is 0 Å². The van der Waals surface area contributed by atoms with Gasteiger partial charge in [-0.05, 0) is 51.3 Å². The third-order valence-corrected chi connectivity index (χ3v) is 4.62. The predicted octanol–water partition coefficient (Wildman–Crippen LogP) is 3.49. The van der Waals surface area contributed by atoms with Crippen LogP contribution in [-0.4, -0.2) is 37.4 Å². The Bertz CT molecular complexity index is 637. The Hall–Kier alpha value is -1.60. The minimum atomic E-state index is -0.556. The van der Waals surface area contributed by atoms with Crippen molar-refractivity contribution in [2.75, 3.05) is 19.8 Å². The van der Waals surface area contributed by atoms with E-state index < -0.39 is 17.2 Å². The van der Waals surface area contributed by atoms with Gasteiger partial charge in [0.2, 0.25) is 5.91 Å². The van der Waals surface area contributed by atoms with E-state index in [0.717, 1.165) is 10.0 Å². The van der Waals surface area contributed by atoms with Crippen LogP contribution in [0, 0.1) is 0 Å². The number of carbonyl (C=O) groups is 2. The van der Waals surface area contributed by atoms with Crippen molar-refractivity contribution in [1.82, 2.24) is 10.6 Å². The van der Waals surface area contributed by atoms with E-state index in [9.17, 15) is 9.59 Å². The molecule has 1 fully saturated rings. The molecule has 1 aromatic rings. The lowest BCUT2D eigenvalue weighted by molar-refractivity contribution is -0.124. The second-order valence-corrected chi connectivity index (χ2v) is 8.35. The maximum Gasteiger partial charge on any atom is 0.407 e. The van der Waals surface area contributed by atoms with Crippen molar-refractivity contribution in [2.24, 2.45) is 0 Å². The molecule has 6 nitrogen and oxygen atoms in total. The average molecular weight is 427 g/mol. The predicted molar refractivity (Wildman–Crippen MR) is 103 cm³/mol. The zero-order valence-electron chi connectivity index (χ0n) is 15.6. The number of amides is 2. The van der Waals surface area contributed by atoms with Crippen LogP contribution in [0.15, 0.2) is 28.7 Å². The van der Waals surface area contributed by atoms with E-state index in [0.29, 0.717) is 26.1 Å².